The van der Waals surface area contributed by atoms with Crippen molar-refractivity contribution in [1.29, 1.82) is 0 Å². The Balaban J connectivity index is 0. The van der Waals surface area contributed by atoms with Crippen molar-refractivity contribution in [3.63, 3.8) is 0 Å². The monoisotopic (exact) mass is 193 g/mol. The SMILES string of the molecule is [H-].[Na+].[O-][N+]1=CN(Cl)CN(Cl)C1. The number of rotatable bonds is 0. The van der Waals surface area contributed by atoms with E-state index < -0.39 is 0 Å². The van der Waals surface area contributed by atoms with E-state index in [0.29, 0.717) is 11.4 Å². The molecule has 7 heteroatoms. The third-order valence-corrected chi connectivity index (χ3v) is 1.24. The van der Waals surface area contributed by atoms with Crippen molar-refractivity contribution in [3.8, 4) is 0 Å². The van der Waals surface area contributed by atoms with Gasteiger partial charge in [0.15, 0.2) is 13.3 Å². The Morgan fingerprint density at radius 3 is 2.60 bits per heavy atom. The minimum absolute atomic E-state index is 0. The van der Waals surface area contributed by atoms with E-state index in [4.69, 9.17) is 23.6 Å². The second-order valence-corrected chi connectivity index (χ2v) is 2.59. The van der Waals surface area contributed by atoms with E-state index in [1.54, 1.807) is 0 Å². The van der Waals surface area contributed by atoms with Crippen molar-refractivity contribution in [3.05, 3.63) is 5.21 Å². The Hall–Kier alpha value is 0.810. The molecule has 0 atom stereocenters. The van der Waals surface area contributed by atoms with Crippen LogP contribution in [0.1, 0.15) is 1.43 Å². The van der Waals surface area contributed by atoms with Crippen molar-refractivity contribution < 1.29 is 35.7 Å². The minimum Gasteiger partial charge on any atom is -1.00 e. The van der Waals surface area contributed by atoms with Gasteiger partial charge >= 0.3 is 29.6 Å². The predicted octanol–water partition coefficient (Wildman–Crippen LogP) is -2.52. The van der Waals surface area contributed by atoms with Gasteiger partial charge < -0.3 is 6.63 Å². The Bertz CT molecular complexity index is 149. The topological polar surface area (TPSA) is 32.6 Å². The second kappa shape index (κ2) is 4.64. The van der Waals surface area contributed by atoms with Gasteiger partial charge in [-0.3, -0.25) is 4.74 Å². The van der Waals surface area contributed by atoms with Gasteiger partial charge in [-0.2, -0.15) is 4.42 Å². The number of nitrogens with zero attached hydrogens (tertiary/aromatic N) is 3. The molecule has 1 rings (SSSR count). The van der Waals surface area contributed by atoms with Crippen molar-refractivity contribution in [2.24, 2.45) is 0 Å². The Morgan fingerprint density at radius 1 is 1.60 bits per heavy atom. The predicted molar refractivity (Wildman–Crippen MR) is 35.9 cm³/mol. The van der Waals surface area contributed by atoms with Gasteiger partial charge in [-0.25, -0.2) is 0 Å². The maximum Gasteiger partial charge on any atom is 1.00 e. The number of halogens is 2. The van der Waals surface area contributed by atoms with E-state index >= 15 is 0 Å². The zero-order chi connectivity index (χ0) is 6.85. The van der Waals surface area contributed by atoms with Gasteiger partial charge in [0.25, 0.3) is 6.34 Å². The molecule has 0 radical (unpaired) electrons. The molecule has 0 saturated carbocycles. The van der Waals surface area contributed by atoms with Crippen LogP contribution >= 0.6 is 23.6 Å². The fourth-order valence-corrected chi connectivity index (χ4v) is 1.06. The molecule has 0 spiro atoms. The van der Waals surface area contributed by atoms with Crippen LogP contribution in [0.5, 0.6) is 0 Å². The largest absolute Gasteiger partial charge is 1.00 e. The molecule has 0 aromatic heterocycles. The molecule has 10 heavy (non-hydrogen) atoms. The van der Waals surface area contributed by atoms with E-state index in [0.717, 1.165) is 0 Å². The first-order valence-corrected chi connectivity index (χ1v) is 2.98. The molecule has 0 aliphatic carbocycles. The number of hydrogen-bond donors (Lipinski definition) is 0. The molecule has 1 aliphatic rings. The van der Waals surface area contributed by atoms with Gasteiger partial charge in [0, 0.05) is 0 Å². The van der Waals surface area contributed by atoms with Gasteiger partial charge in [-0.15, -0.1) is 4.42 Å². The van der Waals surface area contributed by atoms with Crippen LogP contribution in [-0.4, -0.2) is 33.3 Å². The number of hydrogen-bond acceptors (Lipinski definition) is 3. The first-order valence-electron chi connectivity index (χ1n) is 2.30. The maximum atomic E-state index is 10.5. The van der Waals surface area contributed by atoms with Gasteiger partial charge in [0.1, 0.15) is 11.8 Å². The van der Waals surface area contributed by atoms with Crippen molar-refractivity contribution in [1.82, 2.24) is 8.84 Å². The van der Waals surface area contributed by atoms with E-state index in [1.165, 1.54) is 15.2 Å². The first-order chi connectivity index (χ1) is 4.18. The zero-order valence-electron chi connectivity index (χ0n) is 6.50. The fraction of sp³-hybridized carbons (Fsp3) is 0.667. The van der Waals surface area contributed by atoms with Gasteiger partial charge in [-0.05, 0) is 11.8 Å². The van der Waals surface area contributed by atoms with E-state index in [1.807, 2.05) is 0 Å². The number of hydroxylamine groups is 1. The summed E-state index contributed by atoms with van der Waals surface area (Å²) in [7, 11) is 0. The van der Waals surface area contributed by atoms with Crippen LogP contribution in [0.15, 0.2) is 0 Å². The molecule has 0 N–H and O–H groups in total. The molecule has 0 bridgehead atoms. The van der Waals surface area contributed by atoms with Crippen LogP contribution in [0.2, 0.25) is 0 Å². The molecule has 4 nitrogen and oxygen atoms in total. The molecule has 0 aromatic rings. The Labute approximate surface area is 92.6 Å². The normalized spacial score (nSPS) is 19.8. The van der Waals surface area contributed by atoms with E-state index in [2.05, 4.69) is 0 Å². The summed E-state index contributed by atoms with van der Waals surface area (Å²) in [4.78, 5) is 0. The molecule has 0 unspecified atom stereocenters. The molecule has 0 fully saturated rings. The average Bonchev–Trinajstić information content (AvgIpc) is 1.59. The van der Waals surface area contributed by atoms with Gasteiger partial charge in [-0.1, -0.05) is 0 Å². The van der Waals surface area contributed by atoms with E-state index in [-0.39, 0.29) is 37.7 Å². The molecular weight excluding hydrogens is 188 g/mol. The van der Waals surface area contributed by atoms with Crippen molar-refractivity contribution in [2.75, 3.05) is 13.3 Å². The summed E-state index contributed by atoms with van der Waals surface area (Å²) in [6.07, 6.45) is 1.24. The summed E-state index contributed by atoms with van der Waals surface area (Å²) in [5.74, 6) is 0. The molecule has 54 valence electrons. The third-order valence-electron chi connectivity index (χ3n) is 0.835. The summed E-state index contributed by atoms with van der Waals surface area (Å²) in [6.45, 7) is 0.520. The summed E-state index contributed by atoms with van der Waals surface area (Å²) in [5.41, 5.74) is 0. The van der Waals surface area contributed by atoms with Crippen LogP contribution in [-0.2, 0) is 0 Å². The maximum absolute atomic E-state index is 10.5. The zero-order valence-corrected chi connectivity index (χ0v) is 9.01. The summed E-state index contributed by atoms with van der Waals surface area (Å²) >= 11 is 10.9. The molecule has 0 aromatic carbocycles. The van der Waals surface area contributed by atoms with Crippen molar-refractivity contribution in [2.45, 2.75) is 0 Å². The fourth-order valence-electron chi connectivity index (χ4n) is 0.555. The van der Waals surface area contributed by atoms with Crippen molar-refractivity contribution >= 4 is 29.9 Å². The standard InChI is InChI=1S/C3H5Cl2N3O.Na.H/c4-6-1-7(5)3-8(9)2-6;;/h2H,1,3H2;;/q;+1;-1. The molecule has 0 saturated heterocycles. The first kappa shape index (κ1) is 10.8. The van der Waals surface area contributed by atoms with E-state index in [9.17, 15) is 5.21 Å². The van der Waals surface area contributed by atoms with Crippen LogP contribution in [0.4, 0.5) is 0 Å². The average molecular weight is 194 g/mol. The molecule has 0 amide bonds. The summed E-state index contributed by atoms with van der Waals surface area (Å²) in [6, 6.07) is 0. The second-order valence-electron chi connectivity index (χ2n) is 1.68. The third kappa shape index (κ3) is 3.27. The Kier molecular flexibility index (Phi) is 5.02. The summed E-state index contributed by atoms with van der Waals surface area (Å²) < 4.78 is 3.10. The smallest absolute Gasteiger partial charge is 1.00 e. The van der Waals surface area contributed by atoms with Crippen LogP contribution in [0.25, 0.3) is 0 Å². The minimum atomic E-state index is 0. The van der Waals surface area contributed by atoms with Crippen LogP contribution in [0, 0.1) is 5.21 Å². The van der Waals surface area contributed by atoms with Crippen LogP contribution in [0.3, 0.4) is 0 Å². The molecule has 1 heterocycles. The summed E-state index contributed by atoms with van der Waals surface area (Å²) in [5, 5.41) is 10.5. The molecular formula is C3H6Cl2N3NaO. The quantitative estimate of drug-likeness (QED) is 0.185. The molecule has 1 aliphatic heterocycles. The van der Waals surface area contributed by atoms with Gasteiger partial charge in [0.2, 0.25) is 0 Å². The van der Waals surface area contributed by atoms with Crippen LogP contribution < -0.4 is 29.6 Å². The van der Waals surface area contributed by atoms with Gasteiger partial charge in [0.05, 0.1) is 0 Å². The Morgan fingerprint density at radius 2 is 2.20 bits per heavy atom.